The standard InChI is InChI=1S/C14H25N3O/c15-12-14(17-13(18)16-12)10-8-6-4-2-1-3-5-7-9-11-14/h1-11H2,(H3,15,16,17,18). The number of nitrogens with two attached hydrogens (primary N) is 1. The molecule has 0 aromatic carbocycles. The fraction of sp³-hybridized carbons (Fsp3) is 0.857. The molecule has 1 saturated carbocycles. The van der Waals surface area contributed by atoms with Gasteiger partial charge in [0.1, 0.15) is 5.84 Å². The Hall–Kier alpha value is -1.06. The fourth-order valence-electron chi connectivity index (χ4n) is 3.11. The Balaban J connectivity index is 1.97. The summed E-state index contributed by atoms with van der Waals surface area (Å²) < 4.78 is 0. The highest BCUT2D eigenvalue weighted by atomic mass is 16.2. The summed E-state index contributed by atoms with van der Waals surface area (Å²) in [5, 5.41) is 3.00. The summed E-state index contributed by atoms with van der Waals surface area (Å²) in [6.45, 7) is 0. The summed E-state index contributed by atoms with van der Waals surface area (Å²) in [4.78, 5) is 15.3. The summed E-state index contributed by atoms with van der Waals surface area (Å²) >= 11 is 0. The van der Waals surface area contributed by atoms with Gasteiger partial charge in [-0.25, -0.2) is 4.79 Å². The zero-order valence-electron chi connectivity index (χ0n) is 11.2. The molecule has 2 aliphatic rings. The van der Waals surface area contributed by atoms with Crippen LogP contribution in [0.1, 0.15) is 70.6 Å². The number of nitrogens with one attached hydrogen (secondary N) is 1. The zero-order valence-corrected chi connectivity index (χ0v) is 11.2. The van der Waals surface area contributed by atoms with Crippen LogP contribution in [0.4, 0.5) is 4.79 Å². The summed E-state index contributed by atoms with van der Waals surface area (Å²) in [6.07, 6.45) is 13.4. The van der Waals surface area contributed by atoms with Crippen LogP contribution in [0.25, 0.3) is 0 Å². The summed E-state index contributed by atoms with van der Waals surface area (Å²) in [5.41, 5.74) is 5.66. The maximum Gasteiger partial charge on any atom is 0.343 e. The van der Waals surface area contributed by atoms with Crippen LogP contribution in [-0.2, 0) is 0 Å². The molecule has 0 bridgehead atoms. The van der Waals surface area contributed by atoms with Crippen molar-refractivity contribution in [1.82, 2.24) is 5.32 Å². The highest BCUT2D eigenvalue weighted by molar-refractivity contribution is 6.05. The predicted octanol–water partition coefficient (Wildman–Crippen LogP) is 3.11. The van der Waals surface area contributed by atoms with E-state index in [9.17, 15) is 4.79 Å². The summed E-state index contributed by atoms with van der Waals surface area (Å²) in [7, 11) is 0. The molecule has 0 radical (unpaired) electrons. The first kappa shape index (κ1) is 13.4. The van der Waals surface area contributed by atoms with Crippen LogP contribution in [-0.4, -0.2) is 17.4 Å². The number of nitrogens with zero attached hydrogens (tertiary/aromatic N) is 1. The van der Waals surface area contributed by atoms with Crippen molar-refractivity contribution in [2.24, 2.45) is 10.7 Å². The lowest BCUT2D eigenvalue weighted by Crippen LogP contribution is -2.51. The van der Waals surface area contributed by atoms with Gasteiger partial charge in [-0.2, -0.15) is 4.99 Å². The third-order valence-corrected chi connectivity index (χ3v) is 4.27. The second kappa shape index (κ2) is 6.21. The monoisotopic (exact) mass is 251 g/mol. The van der Waals surface area contributed by atoms with Gasteiger partial charge in [0.25, 0.3) is 0 Å². The molecule has 0 saturated heterocycles. The molecule has 0 atom stereocenters. The molecule has 1 aliphatic carbocycles. The molecule has 2 amide bonds. The summed E-state index contributed by atoms with van der Waals surface area (Å²) in [5.74, 6) is 0.518. The van der Waals surface area contributed by atoms with E-state index in [1.165, 1.54) is 44.9 Å². The van der Waals surface area contributed by atoms with Crippen molar-refractivity contribution in [2.75, 3.05) is 0 Å². The zero-order chi connectivity index (χ0) is 12.8. The first-order valence-electron chi connectivity index (χ1n) is 7.40. The van der Waals surface area contributed by atoms with E-state index in [1.54, 1.807) is 0 Å². The van der Waals surface area contributed by atoms with Crippen molar-refractivity contribution in [1.29, 1.82) is 0 Å². The van der Waals surface area contributed by atoms with Gasteiger partial charge in [-0.05, 0) is 12.8 Å². The van der Waals surface area contributed by atoms with Gasteiger partial charge in [0.15, 0.2) is 0 Å². The number of hydrogen-bond donors (Lipinski definition) is 2. The van der Waals surface area contributed by atoms with Crippen molar-refractivity contribution in [3.05, 3.63) is 0 Å². The molecule has 102 valence electrons. The van der Waals surface area contributed by atoms with Crippen LogP contribution in [0.5, 0.6) is 0 Å². The van der Waals surface area contributed by atoms with Gasteiger partial charge < -0.3 is 11.1 Å². The maximum atomic E-state index is 11.4. The van der Waals surface area contributed by atoms with Crippen molar-refractivity contribution in [3.63, 3.8) is 0 Å². The molecule has 3 N–H and O–H groups in total. The number of carbonyl (C=O) groups excluding carboxylic acids is 1. The number of aliphatic imine (C=N–C) groups is 1. The van der Waals surface area contributed by atoms with E-state index in [4.69, 9.17) is 5.73 Å². The molecule has 1 heterocycles. The lowest BCUT2D eigenvalue weighted by molar-refractivity contribution is 0.242. The second-order valence-corrected chi connectivity index (χ2v) is 5.69. The van der Waals surface area contributed by atoms with Gasteiger partial charge in [0, 0.05) is 0 Å². The first-order chi connectivity index (χ1) is 8.73. The molecule has 4 heteroatoms. The third kappa shape index (κ3) is 3.24. The second-order valence-electron chi connectivity index (χ2n) is 5.69. The van der Waals surface area contributed by atoms with Crippen LogP contribution >= 0.6 is 0 Å². The quantitative estimate of drug-likeness (QED) is 0.694. The molecule has 1 aliphatic heterocycles. The minimum Gasteiger partial charge on any atom is -0.385 e. The number of amides is 2. The van der Waals surface area contributed by atoms with Crippen LogP contribution in [0.2, 0.25) is 0 Å². The molecule has 4 nitrogen and oxygen atoms in total. The molecule has 1 spiro atoms. The van der Waals surface area contributed by atoms with E-state index < -0.39 is 0 Å². The third-order valence-electron chi connectivity index (χ3n) is 4.27. The lowest BCUT2D eigenvalue weighted by atomic mass is 9.85. The maximum absolute atomic E-state index is 11.4. The molecule has 0 aromatic rings. The topological polar surface area (TPSA) is 67.5 Å². The van der Waals surface area contributed by atoms with Crippen LogP contribution < -0.4 is 11.1 Å². The molecule has 2 rings (SSSR count). The molecular weight excluding hydrogens is 226 g/mol. The van der Waals surface area contributed by atoms with E-state index in [0.29, 0.717) is 5.84 Å². The first-order valence-corrected chi connectivity index (χ1v) is 7.40. The van der Waals surface area contributed by atoms with Gasteiger partial charge in [0.2, 0.25) is 0 Å². The molecular formula is C14H25N3O. The van der Waals surface area contributed by atoms with Crippen molar-refractivity contribution in [3.8, 4) is 0 Å². The van der Waals surface area contributed by atoms with Gasteiger partial charge in [0.05, 0.1) is 5.54 Å². The van der Waals surface area contributed by atoms with Gasteiger partial charge in [-0.15, -0.1) is 0 Å². The Morgan fingerprint density at radius 1 is 0.889 bits per heavy atom. The fourth-order valence-corrected chi connectivity index (χ4v) is 3.11. The minimum atomic E-state index is -0.323. The van der Waals surface area contributed by atoms with E-state index >= 15 is 0 Å². The van der Waals surface area contributed by atoms with E-state index in [1.807, 2.05) is 0 Å². The summed E-state index contributed by atoms with van der Waals surface area (Å²) in [6, 6.07) is -0.250. The van der Waals surface area contributed by atoms with Crippen LogP contribution in [0, 0.1) is 0 Å². The Labute approximate surface area is 109 Å². The van der Waals surface area contributed by atoms with Crippen molar-refractivity contribution < 1.29 is 4.79 Å². The largest absolute Gasteiger partial charge is 0.385 e. The Bertz CT molecular complexity index is 313. The van der Waals surface area contributed by atoms with E-state index in [2.05, 4.69) is 10.3 Å². The number of carbonyl (C=O) groups is 1. The molecule has 18 heavy (non-hydrogen) atoms. The highest BCUT2D eigenvalue weighted by Gasteiger charge is 2.39. The average Bonchev–Trinajstić information content (AvgIpc) is 2.59. The van der Waals surface area contributed by atoms with Crippen LogP contribution in [0.15, 0.2) is 4.99 Å². The number of rotatable bonds is 0. The number of amidine groups is 1. The molecule has 0 aromatic heterocycles. The molecule has 0 unspecified atom stereocenters. The Kier molecular flexibility index (Phi) is 4.61. The Morgan fingerprint density at radius 3 is 1.72 bits per heavy atom. The van der Waals surface area contributed by atoms with Gasteiger partial charge in [-0.1, -0.05) is 57.8 Å². The smallest absolute Gasteiger partial charge is 0.343 e. The van der Waals surface area contributed by atoms with Gasteiger partial charge in [-0.3, -0.25) is 0 Å². The van der Waals surface area contributed by atoms with E-state index in [-0.39, 0.29) is 11.6 Å². The lowest BCUT2D eigenvalue weighted by Gasteiger charge is -2.29. The molecule has 1 fully saturated rings. The number of hydrogen-bond acceptors (Lipinski definition) is 2. The van der Waals surface area contributed by atoms with Crippen molar-refractivity contribution in [2.45, 2.75) is 76.2 Å². The minimum absolute atomic E-state index is 0.250. The highest BCUT2D eigenvalue weighted by Crippen LogP contribution is 2.27. The Morgan fingerprint density at radius 2 is 1.33 bits per heavy atom. The normalized spacial score (nSPS) is 26.0. The van der Waals surface area contributed by atoms with Gasteiger partial charge >= 0.3 is 6.03 Å². The van der Waals surface area contributed by atoms with E-state index in [0.717, 1.165) is 25.7 Å². The average molecular weight is 251 g/mol. The van der Waals surface area contributed by atoms with Crippen LogP contribution in [0.3, 0.4) is 0 Å². The predicted molar refractivity (Wildman–Crippen MR) is 73.7 cm³/mol. The van der Waals surface area contributed by atoms with Crippen molar-refractivity contribution >= 4 is 11.9 Å². The number of urea groups is 1. The SMILES string of the molecule is NC1=NC(=O)NC12CCCCCCCCCCC2.